The van der Waals surface area contributed by atoms with E-state index >= 15 is 0 Å². The van der Waals surface area contributed by atoms with Crippen LogP contribution in [-0.2, 0) is 6.54 Å². The maximum Gasteiger partial charge on any atom is 0.161 e. The van der Waals surface area contributed by atoms with Crippen LogP contribution in [0.2, 0.25) is 0 Å². The summed E-state index contributed by atoms with van der Waals surface area (Å²) < 4.78 is 11.1. The summed E-state index contributed by atoms with van der Waals surface area (Å²) in [6.45, 7) is 6.66. The summed E-state index contributed by atoms with van der Waals surface area (Å²) in [5.74, 6) is 1.75. The fraction of sp³-hybridized carbons (Fsp3) is 0.600. The van der Waals surface area contributed by atoms with Gasteiger partial charge in [0, 0.05) is 12.6 Å². The van der Waals surface area contributed by atoms with Crippen LogP contribution in [0.4, 0.5) is 0 Å². The maximum absolute atomic E-state index is 5.59. The van der Waals surface area contributed by atoms with Crippen LogP contribution in [0.15, 0.2) is 18.2 Å². The molecular weight excluding hydrogens is 226 g/mol. The van der Waals surface area contributed by atoms with E-state index in [4.69, 9.17) is 9.47 Å². The molecule has 0 radical (unpaired) electrons. The molecule has 1 aromatic rings. The van der Waals surface area contributed by atoms with Crippen LogP contribution in [0.5, 0.6) is 11.5 Å². The molecule has 0 saturated carbocycles. The molecule has 3 heteroatoms. The third kappa shape index (κ3) is 3.39. The molecule has 3 nitrogen and oxygen atoms in total. The normalized spacial score (nSPS) is 15.4. The third-order valence-corrected chi connectivity index (χ3v) is 3.33. The Kier molecular flexibility index (Phi) is 4.88. The van der Waals surface area contributed by atoms with Crippen molar-refractivity contribution in [1.82, 2.24) is 5.32 Å². The van der Waals surface area contributed by atoms with Gasteiger partial charge in [0.05, 0.1) is 0 Å². The van der Waals surface area contributed by atoms with Crippen molar-refractivity contribution in [2.75, 3.05) is 13.2 Å². The lowest BCUT2D eigenvalue weighted by Crippen LogP contribution is -2.27. The Bertz CT molecular complexity index is 379. The van der Waals surface area contributed by atoms with Crippen LogP contribution in [0, 0.1) is 0 Å². The lowest BCUT2D eigenvalue weighted by molar-refractivity contribution is 0.171. The highest BCUT2D eigenvalue weighted by atomic mass is 16.6. The Balaban J connectivity index is 1.93. The Hall–Kier alpha value is -1.22. The molecule has 1 aliphatic heterocycles. The Labute approximate surface area is 109 Å². The van der Waals surface area contributed by atoms with Crippen LogP contribution < -0.4 is 14.8 Å². The van der Waals surface area contributed by atoms with Crippen molar-refractivity contribution in [3.63, 3.8) is 0 Å². The molecular formula is C15H23NO2. The van der Waals surface area contributed by atoms with Crippen molar-refractivity contribution in [1.29, 1.82) is 0 Å². The van der Waals surface area contributed by atoms with E-state index in [0.29, 0.717) is 19.3 Å². The minimum Gasteiger partial charge on any atom is -0.486 e. The van der Waals surface area contributed by atoms with E-state index in [0.717, 1.165) is 18.0 Å². The lowest BCUT2D eigenvalue weighted by Gasteiger charge is -2.20. The molecule has 0 aliphatic carbocycles. The molecule has 0 saturated heterocycles. The highest BCUT2D eigenvalue weighted by molar-refractivity contribution is 5.43. The van der Waals surface area contributed by atoms with Crippen LogP contribution in [0.25, 0.3) is 0 Å². The smallest absolute Gasteiger partial charge is 0.161 e. The van der Waals surface area contributed by atoms with Gasteiger partial charge in [0.25, 0.3) is 0 Å². The number of hydrogen-bond acceptors (Lipinski definition) is 3. The average molecular weight is 249 g/mol. The number of hydrogen-bond donors (Lipinski definition) is 1. The maximum atomic E-state index is 5.59. The van der Waals surface area contributed by atoms with Gasteiger partial charge in [-0.2, -0.15) is 0 Å². The van der Waals surface area contributed by atoms with Crippen molar-refractivity contribution in [3.05, 3.63) is 23.8 Å². The number of nitrogens with one attached hydrogen (secondary N) is 1. The third-order valence-electron chi connectivity index (χ3n) is 3.33. The highest BCUT2D eigenvalue weighted by Gasteiger charge is 2.12. The second-order valence-corrected chi connectivity index (χ2v) is 4.75. The first-order chi connectivity index (χ1) is 8.83. The molecule has 0 aromatic heterocycles. The highest BCUT2D eigenvalue weighted by Crippen LogP contribution is 2.30. The van der Waals surface area contributed by atoms with Crippen molar-refractivity contribution >= 4 is 0 Å². The second-order valence-electron chi connectivity index (χ2n) is 4.75. The summed E-state index contributed by atoms with van der Waals surface area (Å²) >= 11 is 0. The van der Waals surface area contributed by atoms with Gasteiger partial charge < -0.3 is 14.8 Å². The van der Waals surface area contributed by atoms with E-state index in [1.54, 1.807) is 0 Å². The standard InChI is InChI=1S/C15H23NO2/c1-3-5-13(4-2)16-11-12-6-7-14-15(10-12)18-9-8-17-14/h6-7,10,13,16H,3-5,8-9,11H2,1-2H3. The Morgan fingerprint density at radius 1 is 1.17 bits per heavy atom. The molecule has 18 heavy (non-hydrogen) atoms. The monoisotopic (exact) mass is 249 g/mol. The van der Waals surface area contributed by atoms with Gasteiger partial charge in [-0.25, -0.2) is 0 Å². The first-order valence-corrected chi connectivity index (χ1v) is 6.95. The minimum atomic E-state index is 0.614. The summed E-state index contributed by atoms with van der Waals surface area (Å²) in [7, 11) is 0. The summed E-state index contributed by atoms with van der Waals surface area (Å²) in [5.41, 5.74) is 1.26. The molecule has 1 heterocycles. The van der Waals surface area contributed by atoms with Crippen LogP contribution >= 0.6 is 0 Å². The molecule has 100 valence electrons. The van der Waals surface area contributed by atoms with Gasteiger partial charge in [-0.3, -0.25) is 0 Å². The quantitative estimate of drug-likeness (QED) is 0.840. The topological polar surface area (TPSA) is 30.5 Å². The first kappa shape index (κ1) is 13.2. The zero-order valence-corrected chi connectivity index (χ0v) is 11.4. The zero-order valence-electron chi connectivity index (χ0n) is 11.4. The average Bonchev–Trinajstić information content (AvgIpc) is 2.43. The van der Waals surface area contributed by atoms with Gasteiger partial charge in [0.15, 0.2) is 11.5 Å². The summed E-state index contributed by atoms with van der Waals surface area (Å²) in [5, 5.41) is 3.60. The van der Waals surface area contributed by atoms with Gasteiger partial charge in [0.1, 0.15) is 13.2 Å². The van der Waals surface area contributed by atoms with Gasteiger partial charge in [-0.15, -0.1) is 0 Å². The van der Waals surface area contributed by atoms with Crippen LogP contribution in [0.3, 0.4) is 0 Å². The molecule has 0 amide bonds. The minimum absolute atomic E-state index is 0.614. The van der Waals surface area contributed by atoms with Crippen molar-refractivity contribution in [2.45, 2.75) is 45.7 Å². The molecule has 1 N–H and O–H groups in total. The summed E-state index contributed by atoms with van der Waals surface area (Å²) in [4.78, 5) is 0. The van der Waals surface area contributed by atoms with Gasteiger partial charge in [0.2, 0.25) is 0 Å². The summed E-state index contributed by atoms with van der Waals surface area (Å²) in [6, 6.07) is 6.81. The molecule has 1 aromatic carbocycles. The number of benzene rings is 1. The van der Waals surface area contributed by atoms with Crippen molar-refractivity contribution < 1.29 is 9.47 Å². The van der Waals surface area contributed by atoms with Crippen molar-refractivity contribution in [2.24, 2.45) is 0 Å². The number of ether oxygens (including phenoxy) is 2. The molecule has 0 bridgehead atoms. The van der Waals surface area contributed by atoms with E-state index in [-0.39, 0.29) is 0 Å². The van der Waals surface area contributed by atoms with Gasteiger partial charge >= 0.3 is 0 Å². The second kappa shape index (κ2) is 6.64. The molecule has 2 rings (SSSR count). The Morgan fingerprint density at radius 3 is 2.67 bits per heavy atom. The fourth-order valence-corrected chi connectivity index (χ4v) is 2.26. The van der Waals surface area contributed by atoms with Crippen molar-refractivity contribution in [3.8, 4) is 11.5 Å². The molecule has 1 aliphatic rings. The van der Waals surface area contributed by atoms with E-state index in [9.17, 15) is 0 Å². The number of rotatable bonds is 6. The summed E-state index contributed by atoms with van der Waals surface area (Å²) in [6.07, 6.45) is 3.64. The lowest BCUT2D eigenvalue weighted by atomic mass is 10.1. The fourth-order valence-electron chi connectivity index (χ4n) is 2.26. The zero-order chi connectivity index (χ0) is 12.8. The van der Waals surface area contributed by atoms with Gasteiger partial charge in [-0.05, 0) is 30.5 Å². The van der Waals surface area contributed by atoms with E-state index < -0.39 is 0 Å². The molecule has 0 spiro atoms. The first-order valence-electron chi connectivity index (χ1n) is 6.95. The molecule has 1 unspecified atom stereocenters. The number of fused-ring (bicyclic) bond motifs is 1. The predicted molar refractivity (Wildman–Crippen MR) is 73.3 cm³/mol. The SMILES string of the molecule is CCCC(CC)NCc1ccc2c(c1)OCCO2. The van der Waals surface area contributed by atoms with E-state index in [1.807, 2.05) is 6.07 Å². The molecule has 0 fully saturated rings. The van der Waals surface area contributed by atoms with Crippen LogP contribution in [-0.4, -0.2) is 19.3 Å². The predicted octanol–water partition coefficient (Wildman–Crippen LogP) is 3.13. The molecule has 1 atom stereocenters. The Morgan fingerprint density at radius 2 is 1.94 bits per heavy atom. The van der Waals surface area contributed by atoms with Crippen LogP contribution in [0.1, 0.15) is 38.7 Å². The van der Waals surface area contributed by atoms with E-state index in [1.165, 1.54) is 24.8 Å². The largest absolute Gasteiger partial charge is 0.486 e. The van der Waals surface area contributed by atoms with Gasteiger partial charge in [-0.1, -0.05) is 26.3 Å². The van der Waals surface area contributed by atoms with E-state index in [2.05, 4.69) is 31.3 Å².